The van der Waals surface area contributed by atoms with Crippen LogP contribution in [0.5, 0.6) is 0 Å². The molecular formula is C12H8ClFOS. The van der Waals surface area contributed by atoms with Crippen LogP contribution in [0.2, 0.25) is 5.02 Å². The Morgan fingerprint density at radius 1 is 1.38 bits per heavy atom. The molecule has 0 unspecified atom stereocenters. The van der Waals surface area contributed by atoms with E-state index in [-0.39, 0.29) is 10.8 Å². The summed E-state index contributed by atoms with van der Waals surface area (Å²) in [6.45, 7) is 1.86. The van der Waals surface area contributed by atoms with Gasteiger partial charge < -0.3 is 0 Å². The molecule has 0 saturated carbocycles. The van der Waals surface area contributed by atoms with Gasteiger partial charge in [-0.15, -0.1) is 11.3 Å². The third kappa shape index (κ3) is 2.01. The monoisotopic (exact) mass is 254 g/mol. The quantitative estimate of drug-likeness (QED) is 0.738. The second kappa shape index (κ2) is 4.36. The summed E-state index contributed by atoms with van der Waals surface area (Å²) in [5.41, 5.74) is 1.23. The van der Waals surface area contributed by atoms with Gasteiger partial charge in [0, 0.05) is 5.56 Å². The van der Waals surface area contributed by atoms with Crippen molar-refractivity contribution < 1.29 is 9.18 Å². The van der Waals surface area contributed by atoms with Gasteiger partial charge in [0.1, 0.15) is 5.82 Å². The molecule has 0 fully saturated rings. The van der Waals surface area contributed by atoms with Gasteiger partial charge in [-0.1, -0.05) is 11.6 Å². The molecule has 1 nitrogen and oxygen atoms in total. The largest absolute Gasteiger partial charge is 0.288 e. The third-order valence-electron chi connectivity index (χ3n) is 2.25. The van der Waals surface area contributed by atoms with Gasteiger partial charge in [0.2, 0.25) is 5.78 Å². The molecule has 82 valence electrons. The molecule has 0 bridgehead atoms. The summed E-state index contributed by atoms with van der Waals surface area (Å²) < 4.78 is 13.2. The maximum Gasteiger partial charge on any atom is 0.203 e. The Morgan fingerprint density at radius 2 is 2.12 bits per heavy atom. The van der Waals surface area contributed by atoms with E-state index in [0.29, 0.717) is 10.4 Å². The minimum absolute atomic E-state index is 0.0273. The molecule has 0 N–H and O–H groups in total. The van der Waals surface area contributed by atoms with E-state index in [1.54, 1.807) is 0 Å². The number of ketones is 1. The summed E-state index contributed by atoms with van der Waals surface area (Å²) in [7, 11) is 0. The lowest BCUT2D eigenvalue weighted by atomic mass is 10.1. The number of carbonyl (C=O) groups is 1. The Balaban J connectivity index is 2.42. The van der Waals surface area contributed by atoms with Gasteiger partial charge in [0.25, 0.3) is 0 Å². The Bertz CT molecular complexity index is 548. The van der Waals surface area contributed by atoms with Crippen molar-refractivity contribution in [3.05, 3.63) is 56.5 Å². The fraction of sp³-hybridized carbons (Fsp3) is 0.0833. The number of hydrogen-bond acceptors (Lipinski definition) is 2. The number of rotatable bonds is 2. The van der Waals surface area contributed by atoms with Gasteiger partial charge >= 0.3 is 0 Å². The van der Waals surface area contributed by atoms with Crippen LogP contribution < -0.4 is 0 Å². The van der Waals surface area contributed by atoms with Crippen LogP contribution in [0.3, 0.4) is 0 Å². The Morgan fingerprint density at radius 3 is 2.69 bits per heavy atom. The van der Waals surface area contributed by atoms with Crippen molar-refractivity contribution in [3.8, 4) is 0 Å². The summed E-state index contributed by atoms with van der Waals surface area (Å²) in [5.74, 6) is -0.732. The first-order valence-electron chi connectivity index (χ1n) is 4.63. The molecule has 2 rings (SSSR count). The number of aryl methyl sites for hydroxylation is 1. The minimum Gasteiger partial charge on any atom is -0.288 e. The average Bonchev–Trinajstić information content (AvgIpc) is 2.67. The summed E-state index contributed by atoms with van der Waals surface area (Å²) in [4.78, 5) is 12.6. The first-order chi connectivity index (χ1) is 7.59. The normalized spacial score (nSPS) is 10.4. The van der Waals surface area contributed by atoms with Crippen LogP contribution >= 0.6 is 22.9 Å². The number of benzene rings is 1. The van der Waals surface area contributed by atoms with E-state index < -0.39 is 5.82 Å². The smallest absolute Gasteiger partial charge is 0.203 e. The summed E-state index contributed by atoms with van der Waals surface area (Å²) in [5, 5.41) is 1.87. The first kappa shape index (κ1) is 11.3. The molecule has 0 radical (unpaired) electrons. The molecule has 2 aromatic rings. The molecule has 16 heavy (non-hydrogen) atoms. The maximum absolute atomic E-state index is 13.2. The van der Waals surface area contributed by atoms with Crippen LogP contribution in [0.1, 0.15) is 20.8 Å². The zero-order valence-electron chi connectivity index (χ0n) is 8.46. The lowest BCUT2D eigenvalue weighted by Crippen LogP contribution is -2.00. The highest BCUT2D eigenvalue weighted by Crippen LogP contribution is 2.22. The fourth-order valence-electron chi connectivity index (χ4n) is 1.37. The van der Waals surface area contributed by atoms with Gasteiger partial charge in [-0.25, -0.2) is 4.39 Å². The zero-order valence-corrected chi connectivity index (χ0v) is 10.0. The van der Waals surface area contributed by atoms with E-state index in [2.05, 4.69) is 0 Å². The van der Waals surface area contributed by atoms with Crippen molar-refractivity contribution in [3.63, 3.8) is 0 Å². The molecule has 4 heteroatoms. The van der Waals surface area contributed by atoms with Crippen molar-refractivity contribution in [1.82, 2.24) is 0 Å². The van der Waals surface area contributed by atoms with Crippen molar-refractivity contribution in [1.29, 1.82) is 0 Å². The van der Waals surface area contributed by atoms with Crippen LogP contribution in [0.25, 0.3) is 0 Å². The highest BCUT2D eigenvalue weighted by molar-refractivity contribution is 7.12. The molecule has 1 heterocycles. The van der Waals surface area contributed by atoms with E-state index in [1.807, 2.05) is 18.4 Å². The number of carbonyl (C=O) groups excluding carboxylic acids is 1. The van der Waals surface area contributed by atoms with Gasteiger partial charge in [-0.05, 0) is 42.1 Å². The van der Waals surface area contributed by atoms with Crippen LogP contribution in [-0.4, -0.2) is 5.78 Å². The third-order valence-corrected chi connectivity index (χ3v) is 3.57. The predicted molar refractivity (Wildman–Crippen MR) is 63.9 cm³/mol. The highest BCUT2D eigenvalue weighted by atomic mass is 35.5. The molecule has 1 aromatic heterocycles. The van der Waals surface area contributed by atoms with Crippen LogP contribution in [0.15, 0.2) is 29.6 Å². The summed E-state index contributed by atoms with van der Waals surface area (Å²) in [6, 6.07) is 5.97. The predicted octanol–water partition coefficient (Wildman–Crippen LogP) is 4.08. The molecule has 0 saturated heterocycles. The lowest BCUT2D eigenvalue weighted by Gasteiger charge is -2.01. The number of hydrogen-bond donors (Lipinski definition) is 0. The van der Waals surface area contributed by atoms with Gasteiger partial charge in [0.15, 0.2) is 0 Å². The number of thiophene rings is 1. The Kier molecular flexibility index (Phi) is 3.08. The van der Waals surface area contributed by atoms with E-state index in [9.17, 15) is 9.18 Å². The van der Waals surface area contributed by atoms with E-state index in [1.165, 1.54) is 29.5 Å². The van der Waals surface area contributed by atoms with E-state index in [4.69, 9.17) is 11.6 Å². The van der Waals surface area contributed by atoms with Crippen molar-refractivity contribution in [2.45, 2.75) is 6.92 Å². The second-order valence-electron chi connectivity index (χ2n) is 3.39. The lowest BCUT2D eigenvalue weighted by molar-refractivity contribution is 0.104. The maximum atomic E-state index is 13.2. The summed E-state index contributed by atoms with van der Waals surface area (Å²) in [6.07, 6.45) is 0. The molecule has 0 aliphatic rings. The van der Waals surface area contributed by atoms with Crippen LogP contribution in [0, 0.1) is 12.7 Å². The molecule has 0 atom stereocenters. The van der Waals surface area contributed by atoms with Gasteiger partial charge in [-0.3, -0.25) is 4.79 Å². The van der Waals surface area contributed by atoms with Crippen molar-refractivity contribution in [2.24, 2.45) is 0 Å². The van der Waals surface area contributed by atoms with Crippen molar-refractivity contribution >= 4 is 28.7 Å². The fourth-order valence-corrected chi connectivity index (χ4v) is 2.38. The van der Waals surface area contributed by atoms with Gasteiger partial charge in [-0.2, -0.15) is 0 Å². The zero-order chi connectivity index (χ0) is 11.7. The summed E-state index contributed by atoms with van der Waals surface area (Å²) >= 11 is 6.92. The van der Waals surface area contributed by atoms with Crippen LogP contribution in [0.4, 0.5) is 4.39 Å². The Hall–Kier alpha value is -1.19. The molecule has 0 aliphatic heterocycles. The average molecular weight is 255 g/mol. The van der Waals surface area contributed by atoms with Crippen LogP contribution in [-0.2, 0) is 0 Å². The van der Waals surface area contributed by atoms with Crippen molar-refractivity contribution in [2.75, 3.05) is 0 Å². The molecule has 0 spiro atoms. The SMILES string of the molecule is Cc1ccsc1C(=O)c1ccc(Cl)c(F)c1. The number of halogens is 2. The Labute approximate surface area is 101 Å². The minimum atomic E-state index is -0.568. The molecule has 0 aliphatic carbocycles. The second-order valence-corrected chi connectivity index (χ2v) is 4.71. The molecule has 0 amide bonds. The van der Waals surface area contributed by atoms with E-state index in [0.717, 1.165) is 5.56 Å². The standard InChI is InChI=1S/C12H8ClFOS/c1-7-4-5-16-12(7)11(15)8-2-3-9(13)10(14)6-8/h2-6H,1H3. The molecular weight excluding hydrogens is 247 g/mol. The van der Waals surface area contributed by atoms with Gasteiger partial charge in [0.05, 0.1) is 9.90 Å². The van der Waals surface area contributed by atoms with E-state index >= 15 is 0 Å². The first-order valence-corrected chi connectivity index (χ1v) is 5.89. The topological polar surface area (TPSA) is 17.1 Å². The highest BCUT2D eigenvalue weighted by Gasteiger charge is 2.14. The molecule has 1 aromatic carbocycles.